The van der Waals surface area contributed by atoms with E-state index in [1.165, 1.54) is 6.07 Å². The molecule has 0 saturated carbocycles. The molecule has 8 nitrogen and oxygen atoms in total. The predicted octanol–water partition coefficient (Wildman–Crippen LogP) is 0.935. The lowest BCUT2D eigenvalue weighted by molar-refractivity contribution is -0.384. The van der Waals surface area contributed by atoms with Crippen molar-refractivity contribution in [3.8, 4) is 0 Å². The van der Waals surface area contributed by atoms with E-state index in [1.807, 2.05) is 4.90 Å². The van der Waals surface area contributed by atoms with E-state index in [2.05, 4.69) is 10.3 Å². The number of amides is 2. The van der Waals surface area contributed by atoms with Gasteiger partial charge in [-0.05, 0) is 25.3 Å². The molecule has 0 aliphatic carbocycles. The first kappa shape index (κ1) is 14.0. The van der Waals surface area contributed by atoms with E-state index in [4.69, 9.17) is 5.73 Å². The summed E-state index contributed by atoms with van der Waals surface area (Å²) < 4.78 is 0. The molecule has 0 atom stereocenters. The van der Waals surface area contributed by atoms with Crippen LogP contribution in [-0.4, -0.2) is 35.1 Å². The molecule has 0 spiro atoms. The second kappa shape index (κ2) is 5.72. The first-order chi connectivity index (χ1) is 9.47. The van der Waals surface area contributed by atoms with Crippen molar-refractivity contribution >= 4 is 17.5 Å². The normalized spacial score (nSPS) is 15.9. The number of nitrogens with one attached hydrogen (secondary N) is 1. The minimum Gasteiger partial charge on any atom is -0.352 e. The molecular formula is C12H17N5O3. The number of anilines is 1. The number of nitrogens with zero attached hydrogens (tertiary/aromatic N) is 3. The molecule has 0 aromatic carbocycles. The van der Waals surface area contributed by atoms with E-state index in [9.17, 15) is 14.9 Å². The van der Waals surface area contributed by atoms with Crippen molar-refractivity contribution in [1.29, 1.82) is 0 Å². The summed E-state index contributed by atoms with van der Waals surface area (Å²) in [6.45, 7) is 2.97. The summed E-state index contributed by atoms with van der Waals surface area (Å²) in [7, 11) is 0. The number of hydrogen-bond donors (Lipinski definition) is 2. The molecule has 1 saturated heterocycles. The SMILES string of the molecule is Cc1cnc(N2CCC(NC(N)=O)CC2)c([N+](=O)[O-])c1. The van der Waals surface area contributed by atoms with Crippen molar-refractivity contribution < 1.29 is 9.72 Å². The van der Waals surface area contributed by atoms with Gasteiger partial charge in [0.05, 0.1) is 4.92 Å². The predicted molar refractivity (Wildman–Crippen MR) is 73.6 cm³/mol. The van der Waals surface area contributed by atoms with E-state index >= 15 is 0 Å². The van der Waals surface area contributed by atoms with Crippen molar-refractivity contribution in [3.05, 3.63) is 27.9 Å². The van der Waals surface area contributed by atoms with Crippen LogP contribution < -0.4 is 16.0 Å². The number of pyridine rings is 1. The van der Waals surface area contributed by atoms with Crippen LogP contribution in [0.25, 0.3) is 0 Å². The molecule has 1 aliphatic heterocycles. The quantitative estimate of drug-likeness (QED) is 0.631. The van der Waals surface area contributed by atoms with Crippen LogP contribution in [0.3, 0.4) is 0 Å². The van der Waals surface area contributed by atoms with Crippen molar-refractivity contribution in [1.82, 2.24) is 10.3 Å². The summed E-state index contributed by atoms with van der Waals surface area (Å²) in [5.74, 6) is 0.387. The third kappa shape index (κ3) is 3.14. The smallest absolute Gasteiger partial charge is 0.312 e. The molecule has 108 valence electrons. The van der Waals surface area contributed by atoms with Gasteiger partial charge in [-0.15, -0.1) is 0 Å². The zero-order valence-corrected chi connectivity index (χ0v) is 11.2. The van der Waals surface area contributed by atoms with Gasteiger partial charge in [-0.2, -0.15) is 0 Å². The van der Waals surface area contributed by atoms with Crippen LogP contribution in [0, 0.1) is 17.0 Å². The van der Waals surface area contributed by atoms with Gasteiger partial charge in [0.2, 0.25) is 5.82 Å². The molecule has 1 aromatic rings. The van der Waals surface area contributed by atoms with Gasteiger partial charge in [0.25, 0.3) is 0 Å². The number of hydrogen-bond acceptors (Lipinski definition) is 5. The van der Waals surface area contributed by atoms with Gasteiger partial charge < -0.3 is 16.0 Å². The highest BCUT2D eigenvalue weighted by Gasteiger charge is 2.26. The number of nitrogens with two attached hydrogens (primary N) is 1. The Morgan fingerprint density at radius 1 is 1.55 bits per heavy atom. The number of piperidine rings is 1. The Morgan fingerprint density at radius 2 is 2.20 bits per heavy atom. The Labute approximate surface area is 116 Å². The van der Waals surface area contributed by atoms with Gasteiger partial charge in [0.15, 0.2) is 0 Å². The lowest BCUT2D eigenvalue weighted by Gasteiger charge is -2.32. The van der Waals surface area contributed by atoms with Crippen LogP contribution in [0.15, 0.2) is 12.3 Å². The number of rotatable bonds is 3. The maximum Gasteiger partial charge on any atom is 0.312 e. The summed E-state index contributed by atoms with van der Waals surface area (Å²) in [5, 5.41) is 13.7. The topological polar surface area (TPSA) is 114 Å². The fraction of sp³-hybridized carbons (Fsp3) is 0.500. The van der Waals surface area contributed by atoms with Gasteiger partial charge in [-0.25, -0.2) is 9.78 Å². The molecular weight excluding hydrogens is 262 g/mol. The molecule has 2 heterocycles. The zero-order chi connectivity index (χ0) is 14.7. The molecule has 20 heavy (non-hydrogen) atoms. The fourth-order valence-corrected chi connectivity index (χ4v) is 2.36. The summed E-state index contributed by atoms with van der Waals surface area (Å²) in [4.78, 5) is 27.5. The Balaban J connectivity index is 2.11. The highest BCUT2D eigenvalue weighted by Crippen LogP contribution is 2.28. The van der Waals surface area contributed by atoms with Crippen LogP contribution in [0.2, 0.25) is 0 Å². The van der Waals surface area contributed by atoms with Crippen LogP contribution in [0.4, 0.5) is 16.3 Å². The molecule has 1 aromatic heterocycles. The third-order valence-corrected chi connectivity index (χ3v) is 3.32. The van der Waals surface area contributed by atoms with Crippen molar-refractivity contribution in [3.63, 3.8) is 0 Å². The molecule has 2 rings (SSSR count). The standard InChI is InChI=1S/C12H17N5O3/c1-8-6-10(17(19)20)11(14-7-8)16-4-2-9(3-5-16)15-12(13)18/h6-7,9H,2-5H2,1H3,(H3,13,15,18). The Hall–Kier alpha value is -2.38. The van der Waals surface area contributed by atoms with Gasteiger partial charge in [-0.3, -0.25) is 10.1 Å². The average molecular weight is 279 g/mol. The molecule has 0 unspecified atom stereocenters. The minimum absolute atomic E-state index is 0.0197. The van der Waals surface area contributed by atoms with Gasteiger partial charge >= 0.3 is 11.7 Å². The van der Waals surface area contributed by atoms with Crippen molar-refractivity contribution in [2.24, 2.45) is 5.73 Å². The highest BCUT2D eigenvalue weighted by molar-refractivity contribution is 5.72. The zero-order valence-electron chi connectivity index (χ0n) is 11.2. The maximum absolute atomic E-state index is 11.1. The Morgan fingerprint density at radius 3 is 2.75 bits per heavy atom. The number of aromatic nitrogens is 1. The van der Waals surface area contributed by atoms with Crippen LogP contribution in [0.1, 0.15) is 18.4 Å². The van der Waals surface area contributed by atoms with Gasteiger partial charge in [0, 0.05) is 31.4 Å². The highest BCUT2D eigenvalue weighted by atomic mass is 16.6. The second-order valence-electron chi connectivity index (χ2n) is 4.88. The number of primary amides is 1. The molecule has 2 amide bonds. The summed E-state index contributed by atoms with van der Waals surface area (Å²) in [5.41, 5.74) is 5.86. The summed E-state index contributed by atoms with van der Waals surface area (Å²) in [6, 6.07) is 1.01. The van der Waals surface area contributed by atoms with Crippen molar-refractivity contribution in [2.75, 3.05) is 18.0 Å². The molecule has 3 N–H and O–H groups in total. The van der Waals surface area contributed by atoms with Crippen LogP contribution in [-0.2, 0) is 0 Å². The van der Waals surface area contributed by atoms with E-state index in [1.54, 1.807) is 13.1 Å². The molecule has 1 fully saturated rings. The molecule has 1 aliphatic rings. The Kier molecular flexibility index (Phi) is 4.02. The largest absolute Gasteiger partial charge is 0.352 e. The molecule has 8 heteroatoms. The minimum atomic E-state index is -0.539. The maximum atomic E-state index is 11.1. The summed E-state index contributed by atoms with van der Waals surface area (Å²) in [6.07, 6.45) is 3.00. The number of carbonyl (C=O) groups excluding carboxylic acids is 1. The monoisotopic (exact) mass is 279 g/mol. The molecule has 0 bridgehead atoms. The lowest BCUT2D eigenvalue weighted by atomic mass is 10.1. The van der Waals surface area contributed by atoms with E-state index in [-0.39, 0.29) is 11.7 Å². The third-order valence-electron chi connectivity index (χ3n) is 3.32. The second-order valence-corrected chi connectivity index (χ2v) is 4.88. The summed E-state index contributed by atoms with van der Waals surface area (Å²) >= 11 is 0. The number of aryl methyl sites for hydroxylation is 1. The van der Waals surface area contributed by atoms with E-state index in [0.29, 0.717) is 31.7 Å². The van der Waals surface area contributed by atoms with Crippen LogP contribution in [0.5, 0.6) is 0 Å². The number of carbonyl (C=O) groups is 1. The molecule has 0 radical (unpaired) electrons. The van der Waals surface area contributed by atoms with Gasteiger partial charge in [-0.1, -0.05) is 0 Å². The van der Waals surface area contributed by atoms with E-state index < -0.39 is 11.0 Å². The first-order valence-corrected chi connectivity index (χ1v) is 6.39. The first-order valence-electron chi connectivity index (χ1n) is 6.39. The van der Waals surface area contributed by atoms with Crippen molar-refractivity contribution in [2.45, 2.75) is 25.8 Å². The van der Waals surface area contributed by atoms with E-state index in [0.717, 1.165) is 5.56 Å². The van der Waals surface area contributed by atoms with Gasteiger partial charge in [0.1, 0.15) is 0 Å². The van der Waals surface area contributed by atoms with Crippen LogP contribution >= 0.6 is 0 Å². The Bertz CT molecular complexity index is 526. The lowest BCUT2D eigenvalue weighted by Crippen LogP contribution is -2.46. The number of urea groups is 1. The number of nitro groups is 1. The average Bonchev–Trinajstić information content (AvgIpc) is 2.39. The fourth-order valence-electron chi connectivity index (χ4n) is 2.36.